The fourth-order valence-corrected chi connectivity index (χ4v) is 13.0. The van der Waals surface area contributed by atoms with E-state index in [0.29, 0.717) is 0 Å². The molecule has 1 aliphatic heterocycles. The topological polar surface area (TPSA) is 3.24 Å². The molecular weight excluding hydrogens is 346 g/mol. The van der Waals surface area contributed by atoms with E-state index in [1.807, 2.05) is 5.17 Å². The largest absolute Gasteiger partial charge is 0.403 e. The third-order valence-corrected chi connectivity index (χ3v) is 16.7. The van der Waals surface area contributed by atoms with Gasteiger partial charge in [-0.2, -0.15) is 0 Å². The van der Waals surface area contributed by atoms with Crippen LogP contribution in [0.2, 0.25) is 13.1 Å². The van der Waals surface area contributed by atoms with Gasteiger partial charge in [-0.3, -0.25) is 0 Å². The lowest BCUT2D eigenvalue weighted by Gasteiger charge is -2.39. The van der Waals surface area contributed by atoms with Gasteiger partial charge in [0.15, 0.2) is 0 Å². The lowest BCUT2D eigenvalue weighted by Crippen LogP contribution is -2.49. The summed E-state index contributed by atoms with van der Waals surface area (Å²) in [6, 6.07) is 0. The maximum Gasteiger partial charge on any atom is 0.143 e. The van der Waals surface area contributed by atoms with Gasteiger partial charge in [0.25, 0.3) is 0 Å². The smallest absolute Gasteiger partial charge is 0.143 e. The van der Waals surface area contributed by atoms with Crippen LogP contribution in [-0.2, 0) is 0 Å². The van der Waals surface area contributed by atoms with E-state index in [4.69, 9.17) is 0 Å². The van der Waals surface area contributed by atoms with E-state index in [2.05, 4.69) is 45.4 Å². The monoisotopic (exact) mass is 393 g/mol. The predicted molar refractivity (Wildman–Crippen MR) is 126 cm³/mol. The third-order valence-electron chi connectivity index (χ3n) is 6.53. The Morgan fingerprint density at radius 1 is 0.769 bits per heavy atom. The van der Waals surface area contributed by atoms with E-state index in [1.165, 1.54) is 90.0 Å². The van der Waals surface area contributed by atoms with Crippen molar-refractivity contribution >= 4 is 21.6 Å². The first kappa shape index (κ1) is 23.9. The summed E-state index contributed by atoms with van der Waals surface area (Å²) in [5.41, 5.74) is 3.33. The molecule has 1 atom stereocenters. The second-order valence-electron chi connectivity index (χ2n) is 8.53. The summed E-state index contributed by atoms with van der Waals surface area (Å²) in [4.78, 5) is 0. The van der Waals surface area contributed by atoms with E-state index in [9.17, 15) is 0 Å². The lowest BCUT2D eigenvalue weighted by molar-refractivity contribution is 0.487. The highest BCUT2D eigenvalue weighted by Crippen LogP contribution is 2.23. The molecule has 0 aromatic heterocycles. The molecule has 0 radical (unpaired) electrons. The molecule has 0 spiro atoms. The molecule has 0 bridgehead atoms. The molecule has 3 heteroatoms. The molecule has 1 rings (SSSR count). The van der Waals surface area contributed by atoms with Crippen molar-refractivity contribution in [2.75, 3.05) is 6.54 Å². The normalized spacial score (nSPS) is 18.2. The number of rotatable bonds is 14. The van der Waals surface area contributed by atoms with Crippen LogP contribution in [-0.4, -0.2) is 32.7 Å². The van der Waals surface area contributed by atoms with Gasteiger partial charge in [0.1, 0.15) is 8.48 Å². The van der Waals surface area contributed by atoms with Crippen LogP contribution in [0.4, 0.5) is 0 Å². The van der Waals surface area contributed by atoms with Gasteiger partial charge in [-0.1, -0.05) is 96.3 Å². The summed E-state index contributed by atoms with van der Waals surface area (Å²) in [5, 5.41) is 1.92. The highest BCUT2D eigenvalue weighted by molar-refractivity contribution is 7.23. The van der Waals surface area contributed by atoms with Crippen molar-refractivity contribution in [1.82, 2.24) is 4.57 Å². The molecule has 0 N–H and O–H groups in total. The van der Waals surface area contributed by atoms with Crippen molar-refractivity contribution < 1.29 is 0 Å². The van der Waals surface area contributed by atoms with Crippen LogP contribution in [0, 0.1) is 0 Å². The molecule has 0 aromatic carbocycles. The second kappa shape index (κ2) is 13.9. The first-order chi connectivity index (χ1) is 12.5. The Bertz CT molecular complexity index is 453. The van der Waals surface area contributed by atoms with E-state index >= 15 is 0 Å². The van der Waals surface area contributed by atoms with Gasteiger partial charge < -0.3 is 4.57 Å². The van der Waals surface area contributed by atoms with Crippen LogP contribution in [0.15, 0.2) is 11.3 Å². The quantitative estimate of drug-likeness (QED) is 0.226. The SMILES string of the molecule is CCCCCCCCC1=[Si](C)[SiH](C)N(CCCCCCCC)C(C)=C1C. The van der Waals surface area contributed by atoms with Gasteiger partial charge in [0.05, 0.1) is 0 Å². The maximum absolute atomic E-state index is 2.90. The van der Waals surface area contributed by atoms with E-state index in [1.54, 1.807) is 11.3 Å². The molecule has 0 aromatic rings. The van der Waals surface area contributed by atoms with Gasteiger partial charge in [-0.15, -0.1) is 0 Å². The van der Waals surface area contributed by atoms with Crippen LogP contribution in [0.3, 0.4) is 0 Å². The zero-order valence-electron chi connectivity index (χ0n) is 18.9. The van der Waals surface area contributed by atoms with Crippen molar-refractivity contribution in [3.63, 3.8) is 0 Å². The molecule has 0 amide bonds. The van der Waals surface area contributed by atoms with Crippen molar-refractivity contribution in [2.45, 2.75) is 124 Å². The zero-order valence-corrected chi connectivity index (χ0v) is 21.1. The number of hydrogen-bond acceptors (Lipinski definition) is 1. The Kier molecular flexibility index (Phi) is 12.8. The third kappa shape index (κ3) is 7.84. The van der Waals surface area contributed by atoms with Gasteiger partial charge in [0.2, 0.25) is 0 Å². The Morgan fingerprint density at radius 2 is 1.27 bits per heavy atom. The summed E-state index contributed by atoms with van der Waals surface area (Å²) in [6.45, 7) is 16.1. The Morgan fingerprint density at radius 3 is 1.85 bits per heavy atom. The first-order valence-electron chi connectivity index (χ1n) is 11.7. The summed E-state index contributed by atoms with van der Waals surface area (Å²) >= 11 is 0. The fraction of sp³-hybridized carbons (Fsp3) is 0.870. The highest BCUT2D eigenvalue weighted by Gasteiger charge is 2.27. The van der Waals surface area contributed by atoms with Crippen molar-refractivity contribution in [2.24, 2.45) is 0 Å². The van der Waals surface area contributed by atoms with Gasteiger partial charge in [0, 0.05) is 20.2 Å². The summed E-state index contributed by atoms with van der Waals surface area (Å²) in [5.74, 6) is 0. The van der Waals surface area contributed by atoms with Crippen molar-refractivity contribution in [1.29, 1.82) is 0 Å². The predicted octanol–water partition coefficient (Wildman–Crippen LogP) is 7.02. The zero-order chi connectivity index (χ0) is 19.4. The van der Waals surface area contributed by atoms with Crippen LogP contribution in [0.1, 0.15) is 111 Å². The molecule has 0 saturated carbocycles. The molecule has 0 fully saturated rings. The lowest BCUT2D eigenvalue weighted by atomic mass is 10.0. The van der Waals surface area contributed by atoms with Gasteiger partial charge in [-0.25, -0.2) is 0 Å². The number of allylic oxidation sites excluding steroid dienone is 2. The summed E-state index contributed by atoms with van der Waals surface area (Å²) < 4.78 is 2.90. The average Bonchev–Trinajstić information content (AvgIpc) is 2.64. The fourth-order valence-electron chi connectivity index (χ4n) is 4.40. The molecular formula is C23H47NSi2. The minimum Gasteiger partial charge on any atom is -0.403 e. The van der Waals surface area contributed by atoms with Gasteiger partial charge in [-0.05, 0) is 38.7 Å². The van der Waals surface area contributed by atoms with Crippen molar-refractivity contribution in [3.05, 3.63) is 11.3 Å². The minimum atomic E-state index is -0.752. The number of hydrogen-bond donors (Lipinski definition) is 0. The molecule has 1 unspecified atom stereocenters. The molecule has 0 aliphatic carbocycles. The highest BCUT2D eigenvalue weighted by atomic mass is 29.2. The van der Waals surface area contributed by atoms with Crippen LogP contribution >= 0.6 is 0 Å². The van der Waals surface area contributed by atoms with Crippen molar-refractivity contribution in [3.8, 4) is 0 Å². The minimum absolute atomic E-state index is 0.262. The molecule has 152 valence electrons. The van der Waals surface area contributed by atoms with Crippen LogP contribution in [0.5, 0.6) is 0 Å². The second-order valence-corrected chi connectivity index (χ2v) is 17.6. The maximum atomic E-state index is 2.90. The molecule has 1 nitrogen and oxygen atoms in total. The molecule has 1 aliphatic rings. The Balaban J connectivity index is 2.48. The average molecular weight is 394 g/mol. The Hall–Kier alpha value is -0.156. The van der Waals surface area contributed by atoms with E-state index < -0.39 is 8.48 Å². The number of nitrogens with zero attached hydrogens (tertiary/aromatic N) is 1. The molecule has 26 heavy (non-hydrogen) atoms. The van der Waals surface area contributed by atoms with Gasteiger partial charge >= 0.3 is 0 Å². The Labute approximate surface area is 168 Å². The van der Waals surface area contributed by atoms with Crippen LogP contribution < -0.4 is 0 Å². The molecule has 1 heterocycles. The van der Waals surface area contributed by atoms with E-state index in [0.717, 1.165) is 0 Å². The summed E-state index contributed by atoms with van der Waals surface area (Å²) in [6.07, 6.45) is 18.5. The number of unbranched alkanes of at least 4 members (excludes halogenated alkanes) is 10. The van der Waals surface area contributed by atoms with Crippen LogP contribution in [0.25, 0.3) is 0 Å². The standard InChI is InChI=1S/C23H47NSi2/c1-7-9-11-13-15-17-19-23-21(3)22(4)24(26(6)25(23)5)20-18-16-14-12-10-8-2/h26H,7-20H2,1-6H3. The molecule has 0 saturated heterocycles. The van der Waals surface area contributed by atoms with E-state index in [-0.39, 0.29) is 7.93 Å². The first-order valence-corrected chi connectivity index (χ1v) is 17.2. The summed E-state index contributed by atoms with van der Waals surface area (Å²) in [7, 11) is -1.01.